The molecule has 0 bridgehead atoms. The number of nitrogens with two attached hydrogens (primary N) is 1. The Morgan fingerprint density at radius 2 is 1.39 bits per heavy atom. The van der Waals surface area contributed by atoms with Gasteiger partial charge < -0.3 is 31.3 Å². The molecule has 12 heteroatoms. The average molecular weight is 293 g/mol. The molecule has 0 radical (unpaired) electrons. The van der Waals surface area contributed by atoms with Crippen LogP contribution in [-0.4, -0.2) is 80.0 Å². The zero-order valence-electron chi connectivity index (χ0n) is 8.86. The first-order chi connectivity index (χ1) is 7.91. The van der Waals surface area contributed by atoms with E-state index in [0.29, 0.717) is 0 Å². The van der Waals surface area contributed by atoms with Crippen LogP contribution in [0.3, 0.4) is 0 Å². The molecule has 4 unspecified atom stereocenters. The summed E-state index contributed by atoms with van der Waals surface area (Å²) in [6.07, 6.45) is -7.35. The number of carbonyl (C=O) groups is 1. The molecule has 0 aromatic rings. The van der Waals surface area contributed by atoms with Crippen LogP contribution >= 0.6 is 0 Å². The van der Waals surface area contributed by atoms with E-state index in [2.05, 4.69) is 5.73 Å². The predicted octanol–water partition coefficient (Wildman–Crippen LogP) is -4.75. The van der Waals surface area contributed by atoms with Gasteiger partial charge in [0.15, 0.2) is 6.10 Å². The standard InChI is InChI=1S/C6H13NO6.H2O4S/c7-6(13)5(12)4(11)3(10)2(9)1-8;1-5(2,3)4/h2-5,8-12H,1H2,(H2,7,13);(H2,1,2,3,4). The van der Waals surface area contributed by atoms with E-state index in [1.807, 2.05) is 0 Å². The summed E-state index contributed by atoms with van der Waals surface area (Å²) in [4.78, 5) is 10.3. The van der Waals surface area contributed by atoms with Gasteiger partial charge in [-0.05, 0) is 0 Å². The molecule has 0 aromatic carbocycles. The summed E-state index contributed by atoms with van der Waals surface area (Å²) in [5.74, 6) is -1.23. The van der Waals surface area contributed by atoms with Crippen LogP contribution < -0.4 is 5.73 Å². The maximum absolute atomic E-state index is 10.3. The third-order valence-corrected chi connectivity index (χ3v) is 1.55. The molecule has 0 rings (SSSR count). The predicted molar refractivity (Wildman–Crippen MR) is 54.5 cm³/mol. The van der Waals surface area contributed by atoms with Crippen LogP contribution in [0.4, 0.5) is 0 Å². The zero-order valence-corrected chi connectivity index (χ0v) is 9.67. The summed E-state index contributed by atoms with van der Waals surface area (Å²) in [6, 6.07) is 0. The van der Waals surface area contributed by atoms with E-state index in [0.717, 1.165) is 0 Å². The van der Waals surface area contributed by atoms with Crippen LogP contribution in [-0.2, 0) is 15.2 Å². The Hall–Kier alpha value is -0.860. The Kier molecular flexibility index (Phi) is 8.96. The van der Waals surface area contributed by atoms with E-state index in [4.69, 9.17) is 43.1 Å². The fourth-order valence-electron chi connectivity index (χ4n) is 0.691. The van der Waals surface area contributed by atoms with Crippen molar-refractivity contribution in [1.29, 1.82) is 0 Å². The number of aliphatic hydroxyl groups excluding tert-OH is 5. The molecule has 11 nitrogen and oxygen atoms in total. The lowest BCUT2D eigenvalue weighted by Crippen LogP contribution is -2.50. The van der Waals surface area contributed by atoms with Crippen LogP contribution in [0, 0.1) is 0 Å². The van der Waals surface area contributed by atoms with E-state index in [1.165, 1.54) is 0 Å². The summed E-state index contributed by atoms with van der Waals surface area (Å²) < 4.78 is 31.6. The van der Waals surface area contributed by atoms with Crippen molar-refractivity contribution in [2.75, 3.05) is 6.61 Å². The van der Waals surface area contributed by atoms with Crippen LogP contribution in [0.1, 0.15) is 0 Å². The molecule has 9 N–H and O–H groups in total. The maximum Gasteiger partial charge on any atom is 0.394 e. The fourth-order valence-corrected chi connectivity index (χ4v) is 0.691. The van der Waals surface area contributed by atoms with E-state index in [1.54, 1.807) is 0 Å². The minimum absolute atomic E-state index is 0.802. The number of aliphatic hydroxyl groups is 5. The number of hydrogen-bond acceptors (Lipinski definition) is 8. The first-order valence-electron chi connectivity index (χ1n) is 4.24. The molecule has 0 fully saturated rings. The average Bonchev–Trinajstić information content (AvgIpc) is 2.22. The Bertz CT molecular complexity index is 334. The van der Waals surface area contributed by atoms with Crippen molar-refractivity contribution in [3.63, 3.8) is 0 Å². The topological polar surface area (TPSA) is 219 Å². The second-order valence-electron chi connectivity index (χ2n) is 3.03. The molecule has 0 heterocycles. The quantitative estimate of drug-likeness (QED) is 0.226. The van der Waals surface area contributed by atoms with Crippen LogP contribution in [0.25, 0.3) is 0 Å². The van der Waals surface area contributed by atoms with E-state index in [-0.39, 0.29) is 0 Å². The van der Waals surface area contributed by atoms with Crippen molar-refractivity contribution >= 4 is 16.3 Å². The van der Waals surface area contributed by atoms with Crippen molar-refractivity contribution < 1.29 is 47.9 Å². The number of rotatable bonds is 5. The van der Waals surface area contributed by atoms with Crippen LogP contribution in [0.5, 0.6) is 0 Å². The van der Waals surface area contributed by atoms with Gasteiger partial charge in [0, 0.05) is 0 Å². The van der Waals surface area contributed by atoms with Gasteiger partial charge in [0.1, 0.15) is 18.3 Å². The first kappa shape index (κ1) is 19.5. The molecule has 0 spiro atoms. The molecule has 4 atom stereocenters. The smallest absolute Gasteiger partial charge is 0.394 e. The van der Waals surface area contributed by atoms with Crippen LogP contribution in [0.15, 0.2) is 0 Å². The van der Waals surface area contributed by atoms with Crippen molar-refractivity contribution in [2.24, 2.45) is 5.73 Å². The number of carbonyl (C=O) groups excluding carboxylic acids is 1. The fraction of sp³-hybridized carbons (Fsp3) is 0.833. The third kappa shape index (κ3) is 10.3. The number of hydrogen-bond donors (Lipinski definition) is 8. The van der Waals surface area contributed by atoms with E-state index in [9.17, 15) is 4.79 Å². The lowest BCUT2D eigenvalue weighted by molar-refractivity contribution is -0.146. The van der Waals surface area contributed by atoms with Crippen molar-refractivity contribution in [1.82, 2.24) is 0 Å². The lowest BCUT2D eigenvalue weighted by atomic mass is 10.0. The summed E-state index contributed by atoms with van der Waals surface area (Å²) in [7, 11) is -4.67. The van der Waals surface area contributed by atoms with E-state index >= 15 is 0 Å². The highest BCUT2D eigenvalue weighted by Gasteiger charge is 2.32. The van der Waals surface area contributed by atoms with Gasteiger partial charge >= 0.3 is 10.4 Å². The summed E-state index contributed by atoms with van der Waals surface area (Å²) in [5, 5.41) is 44.0. The van der Waals surface area contributed by atoms with Crippen molar-refractivity contribution in [3.05, 3.63) is 0 Å². The summed E-state index contributed by atoms with van der Waals surface area (Å²) in [5.41, 5.74) is 4.61. The summed E-state index contributed by atoms with van der Waals surface area (Å²) >= 11 is 0. The summed E-state index contributed by atoms with van der Waals surface area (Å²) in [6.45, 7) is -0.802. The van der Waals surface area contributed by atoms with Gasteiger partial charge in [0.2, 0.25) is 5.91 Å². The first-order valence-corrected chi connectivity index (χ1v) is 5.63. The van der Waals surface area contributed by atoms with Gasteiger partial charge in [-0.1, -0.05) is 0 Å². The van der Waals surface area contributed by atoms with Gasteiger partial charge in [0.25, 0.3) is 0 Å². The maximum atomic E-state index is 10.3. The molecular formula is C6H15NO10S. The Morgan fingerprint density at radius 3 is 1.61 bits per heavy atom. The second-order valence-corrected chi connectivity index (χ2v) is 3.92. The Labute approximate surface area is 102 Å². The monoisotopic (exact) mass is 293 g/mol. The molecule has 110 valence electrons. The largest absolute Gasteiger partial charge is 0.394 e. The molecule has 0 saturated heterocycles. The highest BCUT2D eigenvalue weighted by molar-refractivity contribution is 7.79. The highest BCUT2D eigenvalue weighted by atomic mass is 32.3. The minimum atomic E-state index is -4.67. The molecule has 0 aliphatic rings. The van der Waals surface area contributed by atoms with Crippen molar-refractivity contribution in [3.8, 4) is 0 Å². The van der Waals surface area contributed by atoms with Gasteiger partial charge in [0.05, 0.1) is 6.61 Å². The molecule has 0 aromatic heterocycles. The lowest BCUT2D eigenvalue weighted by Gasteiger charge is -2.23. The number of primary amides is 1. The Morgan fingerprint density at radius 1 is 1.06 bits per heavy atom. The van der Waals surface area contributed by atoms with E-state index < -0.39 is 47.3 Å². The van der Waals surface area contributed by atoms with Gasteiger partial charge in [-0.2, -0.15) is 8.42 Å². The molecule has 0 aliphatic carbocycles. The minimum Gasteiger partial charge on any atom is -0.394 e. The van der Waals surface area contributed by atoms with Crippen LogP contribution in [0.2, 0.25) is 0 Å². The van der Waals surface area contributed by atoms with Gasteiger partial charge in [-0.3, -0.25) is 13.9 Å². The SMILES string of the molecule is NC(=O)C(O)C(O)C(O)C(O)CO.O=S(=O)(O)O. The van der Waals surface area contributed by atoms with Crippen molar-refractivity contribution in [2.45, 2.75) is 24.4 Å². The molecule has 1 amide bonds. The van der Waals surface area contributed by atoms with Gasteiger partial charge in [-0.25, -0.2) is 0 Å². The van der Waals surface area contributed by atoms with Gasteiger partial charge in [-0.15, -0.1) is 0 Å². The highest BCUT2D eigenvalue weighted by Crippen LogP contribution is 2.04. The Balaban J connectivity index is 0. The molecule has 0 saturated carbocycles. The number of amides is 1. The molecule has 0 aliphatic heterocycles. The second kappa shape index (κ2) is 8.28. The normalized spacial score (nSPS) is 17.9. The zero-order chi connectivity index (χ0) is 15.1. The molecule has 18 heavy (non-hydrogen) atoms. The third-order valence-electron chi connectivity index (χ3n) is 1.55. The molecular weight excluding hydrogens is 278 g/mol.